The third kappa shape index (κ3) is 6.32. The lowest BCUT2D eigenvalue weighted by atomic mass is 10.1. The summed E-state index contributed by atoms with van der Waals surface area (Å²) in [4.78, 5) is 36.2. The van der Waals surface area contributed by atoms with Crippen molar-refractivity contribution < 1.29 is 19.1 Å². The fraction of sp³-hybridized carbons (Fsp3) is 0.318. The van der Waals surface area contributed by atoms with Gasteiger partial charge in [0.05, 0.1) is 0 Å². The number of esters is 1. The third-order valence-corrected chi connectivity index (χ3v) is 4.75. The first-order valence-corrected chi connectivity index (χ1v) is 9.71. The van der Waals surface area contributed by atoms with Crippen LogP contribution >= 0.6 is 11.6 Å². The van der Waals surface area contributed by atoms with Crippen molar-refractivity contribution >= 4 is 29.3 Å². The maximum Gasteiger partial charge on any atom is 0.306 e. The molecule has 6 nitrogen and oxygen atoms in total. The Bertz CT molecular complexity index is 900. The molecule has 1 aromatic carbocycles. The Balaban J connectivity index is 1.72. The molecule has 0 bridgehead atoms. The number of Topliss-reactive ketones (excluding diaryl/α,β-unsaturated/α-hetero) is 1. The number of nitrogens with zero attached hydrogens (tertiary/aromatic N) is 1. The minimum absolute atomic E-state index is 0.115. The molecule has 0 aliphatic carbocycles. The van der Waals surface area contributed by atoms with E-state index in [2.05, 4.69) is 11.9 Å². The molecule has 2 rings (SSSR count). The quantitative estimate of drug-likeness (QED) is 0.276. The highest BCUT2D eigenvalue weighted by atomic mass is 35.5. The fourth-order valence-corrected chi connectivity index (χ4v) is 3.05. The summed E-state index contributed by atoms with van der Waals surface area (Å²) in [6, 6.07) is 8.33. The van der Waals surface area contributed by atoms with Crippen LogP contribution in [0.15, 0.2) is 43.0 Å². The Kier molecular flexibility index (Phi) is 8.21. The van der Waals surface area contributed by atoms with Crippen LogP contribution in [-0.2, 0) is 16.1 Å². The van der Waals surface area contributed by atoms with Crippen LogP contribution in [-0.4, -0.2) is 35.4 Å². The Morgan fingerprint density at radius 3 is 2.55 bits per heavy atom. The number of carbonyl (C=O) groups excluding carboxylic acids is 3. The summed E-state index contributed by atoms with van der Waals surface area (Å²) in [6.45, 7) is 8.13. The van der Waals surface area contributed by atoms with Crippen LogP contribution in [0, 0.1) is 13.8 Å². The predicted octanol–water partition coefficient (Wildman–Crippen LogP) is 3.88. The zero-order chi connectivity index (χ0) is 21.4. The molecular weight excluding hydrogens is 392 g/mol. The van der Waals surface area contributed by atoms with Gasteiger partial charge < -0.3 is 14.6 Å². The Labute approximate surface area is 175 Å². The minimum Gasteiger partial charge on any atom is -0.457 e. The van der Waals surface area contributed by atoms with Crippen LogP contribution in [0.1, 0.15) is 44.9 Å². The molecule has 1 aromatic heterocycles. The van der Waals surface area contributed by atoms with Gasteiger partial charge in [-0.3, -0.25) is 14.4 Å². The molecular formula is C22H25ClN2O4. The first-order chi connectivity index (χ1) is 13.8. The van der Waals surface area contributed by atoms with Crippen molar-refractivity contribution in [2.24, 2.45) is 0 Å². The molecule has 1 amide bonds. The van der Waals surface area contributed by atoms with Gasteiger partial charge in [-0.1, -0.05) is 17.7 Å². The summed E-state index contributed by atoms with van der Waals surface area (Å²) in [6.07, 6.45) is 2.30. The average Bonchev–Trinajstić information content (AvgIpc) is 2.98. The number of carbonyl (C=O) groups is 3. The normalized spacial score (nSPS) is 10.4. The first-order valence-electron chi connectivity index (χ1n) is 9.33. The smallest absolute Gasteiger partial charge is 0.306 e. The van der Waals surface area contributed by atoms with Crippen molar-refractivity contribution in [2.45, 2.75) is 33.2 Å². The second-order valence-electron chi connectivity index (χ2n) is 6.63. The zero-order valence-electron chi connectivity index (χ0n) is 16.7. The van der Waals surface area contributed by atoms with E-state index in [1.165, 1.54) is 0 Å². The van der Waals surface area contributed by atoms with E-state index in [-0.39, 0.29) is 24.7 Å². The van der Waals surface area contributed by atoms with Crippen molar-refractivity contribution in [2.75, 3.05) is 13.2 Å². The van der Waals surface area contributed by atoms with E-state index in [9.17, 15) is 14.4 Å². The van der Waals surface area contributed by atoms with Crippen LogP contribution in [0.4, 0.5) is 0 Å². The molecule has 0 atom stereocenters. The van der Waals surface area contributed by atoms with Crippen LogP contribution in [0.2, 0.25) is 5.02 Å². The number of aryl methyl sites for hydroxylation is 1. The number of benzene rings is 1. The minimum atomic E-state index is -0.473. The van der Waals surface area contributed by atoms with E-state index in [4.69, 9.17) is 16.3 Å². The van der Waals surface area contributed by atoms with Gasteiger partial charge in [-0.15, -0.1) is 6.58 Å². The largest absolute Gasteiger partial charge is 0.457 e. The number of amides is 1. The van der Waals surface area contributed by atoms with Crippen molar-refractivity contribution in [1.29, 1.82) is 0 Å². The summed E-state index contributed by atoms with van der Waals surface area (Å²) >= 11 is 5.79. The summed E-state index contributed by atoms with van der Waals surface area (Å²) < 4.78 is 7.06. The number of hydrogen-bond acceptors (Lipinski definition) is 4. The van der Waals surface area contributed by atoms with E-state index in [1.54, 1.807) is 36.4 Å². The van der Waals surface area contributed by atoms with Gasteiger partial charge in [0.15, 0.2) is 6.61 Å². The summed E-state index contributed by atoms with van der Waals surface area (Å²) in [5.41, 5.74) is 2.82. The molecule has 0 spiro atoms. The number of nitrogens with one attached hydrogen (secondary N) is 1. The molecule has 0 aliphatic heterocycles. The highest BCUT2D eigenvalue weighted by molar-refractivity contribution is 6.30. The van der Waals surface area contributed by atoms with E-state index in [0.29, 0.717) is 35.7 Å². The van der Waals surface area contributed by atoms with Crippen LogP contribution < -0.4 is 5.32 Å². The van der Waals surface area contributed by atoms with Crippen LogP contribution in [0.5, 0.6) is 0 Å². The number of rotatable bonds is 10. The van der Waals surface area contributed by atoms with Gasteiger partial charge >= 0.3 is 5.97 Å². The number of allylic oxidation sites excluding steroid dienone is 1. The maximum atomic E-state index is 12.4. The predicted molar refractivity (Wildman–Crippen MR) is 112 cm³/mol. The Morgan fingerprint density at radius 1 is 1.21 bits per heavy atom. The number of ketones is 1. The van der Waals surface area contributed by atoms with E-state index >= 15 is 0 Å². The van der Waals surface area contributed by atoms with E-state index in [0.717, 1.165) is 11.4 Å². The molecule has 7 heteroatoms. The van der Waals surface area contributed by atoms with Gasteiger partial charge in [0, 0.05) is 47.0 Å². The highest BCUT2D eigenvalue weighted by Gasteiger charge is 2.17. The standard InChI is InChI=1S/C22H25ClN2O4/c1-4-12-25-15(2)13-19(16(25)3)20(26)14-29-21(27)6-5-11-24-22(28)17-7-9-18(23)10-8-17/h4,7-10,13H,1,5-6,11-12,14H2,2-3H3,(H,24,28). The molecule has 1 N–H and O–H groups in total. The lowest BCUT2D eigenvalue weighted by molar-refractivity contribution is -0.142. The van der Waals surface area contributed by atoms with Crippen LogP contribution in [0.25, 0.3) is 0 Å². The fourth-order valence-electron chi connectivity index (χ4n) is 2.93. The van der Waals surface area contributed by atoms with Gasteiger partial charge in [0.25, 0.3) is 5.91 Å². The number of aromatic nitrogens is 1. The number of hydrogen-bond donors (Lipinski definition) is 1. The summed E-state index contributed by atoms with van der Waals surface area (Å²) in [7, 11) is 0. The second kappa shape index (κ2) is 10.6. The van der Waals surface area contributed by atoms with Gasteiger partial charge in [0.1, 0.15) is 0 Å². The van der Waals surface area contributed by atoms with Crippen LogP contribution in [0.3, 0.4) is 0 Å². The average molecular weight is 417 g/mol. The monoisotopic (exact) mass is 416 g/mol. The van der Waals surface area contributed by atoms with Gasteiger partial charge in [-0.2, -0.15) is 0 Å². The van der Waals surface area contributed by atoms with E-state index in [1.807, 2.05) is 18.4 Å². The molecule has 2 aromatic rings. The molecule has 0 saturated carbocycles. The topological polar surface area (TPSA) is 77.4 Å². The number of halogens is 1. The van der Waals surface area contributed by atoms with Crippen molar-refractivity contribution in [3.8, 4) is 0 Å². The summed E-state index contributed by atoms with van der Waals surface area (Å²) in [5.74, 6) is -0.947. The molecule has 0 unspecified atom stereocenters. The summed E-state index contributed by atoms with van der Waals surface area (Å²) in [5, 5.41) is 3.28. The highest BCUT2D eigenvalue weighted by Crippen LogP contribution is 2.16. The molecule has 154 valence electrons. The maximum absolute atomic E-state index is 12.4. The van der Waals surface area contributed by atoms with Gasteiger partial charge in [-0.05, 0) is 50.6 Å². The zero-order valence-corrected chi connectivity index (χ0v) is 17.4. The molecule has 29 heavy (non-hydrogen) atoms. The second-order valence-corrected chi connectivity index (χ2v) is 7.07. The first kappa shape index (κ1) is 22.4. The van der Waals surface area contributed by atoms with Gasteiger partial charge in [0.2, 0.25) is 5.78 Å². The molecule has 0 fully saturated rings. The molecule has 0 saturated heterocycles. The van der Waals surface area contributed by atoms with Gasteiger partial charge in [-0.25, -0.2) is 0 Å². The molecule has 1 heterocycles. The SMILES string of the molecule is C=CCn1c(C)cc(C(=O)COC(=O)CCCNC(=O)c2ccc(Cl)cc2)c1C. The third-order valence-electron chi connectivity index (χ3n) is 4.50. The van der Waals surface area contributed by atoms with E-state index < -0.39 is 5.97 Å². The molecule has 0 radical (unpaired) electrons. The van der Waals surface area contributed by atoms with Crippen molar-refractivity contribution in [1.82, 2.24) is 9.88 Å². The Morgan fingerprint density at radius 2 is 1.90 bits per heavy atom. The lowest BCUT2D eigenvalue weighted by Crippen LogP contribution is -2.25. The molecule has 0 aliphatic rings. The van der Waals surface area contributed by atoms with Crippen molar-refractivity contribution in [3.05, 3.63) is 70.5 Å². The van der Waals surface area contributed by atoms with Crippen molar-refractivity contribution in [3.63, 3.8) is 0 Å². The Hall–Kier alpha value is -2.86. The lowest BCUT2D eigenvalue weighted by Gasteiger charge is -2.07. The number of ether oxygens (including phenoxy) is 1.